The molecule has 0 saturated carbocycles. The molecular weight excluding hydrogens is 320 g/mol. The molecule has 1 saturated heterocycles. The maximum atomic E-state index is 12.4. The minimum Gasteiger partial charge on any atom is -0.488 e. The summed E-state index contributed by atoms with van der Waals surface area (Å²) in [5.41, 5.74) is 1.49. The SMILES string of the molecule is CCC(C)(C)c1ccc(OC2CCOCC2)c(-n2nnn(C)c2=O)c1. The van der Waals surface area contributed by atoms with E-state index in [1.807, 2.05) is 12.1 Å². The van der Waals surface area contributed by atoms with E-state index in [1.54, 1.807) is 7.05 Å². The first kappa shape index (κ1) is 17.7. The first-order valence-corrected chi connectivity index (χ1v) is 8.80. The number of rotatable bonds is 5. The number of ether oxygens (including phenoxy) is 2. The van der Waals surface area contributed by atoms with Crippen molar-refractivity contribution in [3.63, 3.8) is 0 Å². The molecule has 1 aromatic carbocycles. The average molecular weight is 346 g/mol. The molecule has 0 unspecified atom stereocenters. The third-order valence-electron chi connectivity index (χ3n) is 5.04. The zero-order chi connectivity index (χ0) is 18.0. The molecule has 1 fully saturated rings. The Morgan fingerprint density at radius 3 is 2.60 bits per heavy atom. The van der Waals surface area contributed by atoms with E-state index in [9.17, 15) is 4.79 Å². The molecule has 0 amide bonds. The highest BCUT2D eigenvalue weighted by Crippen LogP contribution is 2.33. The van der Waals surface area contributed by atoms with Gasteiger partial charge in [-0.3, -0.25) is 0 Å². The molecule has 7 heteroatoms. The van der Waals surface area contributed by atoms with Crippen LogP contribution < -0.4 is 10.4 Å². The van der Waals surface area contributed by atoms with Gasteiger partial charge in [-0.2, -0.15) is 9.36 Å². The van der Waals surface area contributed by atoms with E-state index in [1.165, 1.54) is 9.36 Å². The molecule has 0 bridgehead atoms. The molecule has 0 spiro atoms. The van der Waals surface area contributed by atoms with E-state index < -0.39 is 0 Å². The zero-order valence-electron chi connectivity index (χ0n) is 15.4. The molecule has 136 valence electrons. The van der Waals surface area contributed by atoms with Gasteiger partial charge in [0.15, 0.2) is 0 Å². The summed E-state index contributed by atoms with van der Waals surface area (Å²) in [7, 11) is 1.59. The molecule has 0 N–H and O–H groups in total. The van der Waals surface area contributed by atoms with Crippen LogP contribution in [0.1, 0.15) is 45.6 Å². The number of hydrogen-bond acceptors (Lipinski definition) is 5. The van der Waals surface area contributed by atoms with E-state index in [-0.39, 0.29) is 17.2 Å². The van der Waals surface area contributed by atoms with Crippen LogP contribution in [0.2, 0.25) is 0 Å². The largest absolute Gasteiger partial charge is 0.488 e. The minimum absolute atomic E-state index is 0.00221. The van der Waals surface area contributed by atoms with Crippen LogP contribution in [0, 0.1) is 0 Å². The number of benzene rings is 1. The van der Waals surface area contributed by atoms with Crippen molar-refractivity contribution < 1.29 is 9.47 Å². The quantitative estimate of drug-likeness (QED) is 0.830. The predicted molar refractivity (Wildman–Crippen MR) is 94.4 cm³/mol. The van der Waals surface area contributed by atoms with Gasteiger partial charge in [-0.25, -0.2) is 4.79 Å². The summed E-state index contributed by atoms with van der Waals surface area (Å²) in [6.07, 6.45) is 2.76. The Morgan fingerprint density at radius 1 is 1.28 bits per heavy atom. The van der Waals surface area contributed by atoms with Crippen LogP contribution in [0.4, 0.5) is 0 Å². The minimum atomic E-state index is -0.289. The highest BCUT2D eigenvalue weighted by atomic mass is 16.5. The maximum absolute atomic E-state index is 12.4. The van der Waals surface area contributed by atoms with E-state index in [0.29, 0.717) is 24.7 Å². The van der Waals surface area contributed by atoms with Crippen LogP contribution in [0.3, 0.4) is 0 Å². The Labute approximate surface area is 147 Å². The standard InChI is InChI=1S/C18H26N4O3/c1-5-18(2,3)13-6-7-16(25-14-8-10-24-11-9-14)15(12-13)22-17(23)21(4)19-20-22/h6-7,12,14H,5,8-11H2,1-4H3. The van der Waals surface area contributed by atoms with E-state index in [0.717, 1.165) is 24.8 Å². The summed E-state index contributed by atoms with van der Waals surface area (Å²) in [6, 6.07) is 6.01. The van der Waals surface area contributed by atoms with Crippen LogP contribution in [-0.2, 0) is 17.2 Å². The molecule has 0 radical (unpaired) electrons. The lowest BCUT2D eigenvalue weighted by Crippen LogP contribution is -2.28. The molecule has 1 aliphatic rings. The van der Waals surface area contributed by atoms with Gasteiger partial charge < -0.3 is 9.47 Å². The van der Waals surface area contributed by atoms with Crippen molar-refractivity contribution in [2.75, 3.05) is 13.2 Å². The molecule has 7 nitrogen and oxygen atoms in total. The second-order valence-electron chi connectivity index (χ2n) is 7.15. The van der Waals surface area contributed by atoms with Crippen molar-refractivity contribution in [1.29, 1.82) is 0 Å². The number of nitrogens with zero attached hydrogens (tertiary/aromatic N) is 4. The van der Waals surface area contributed by atoms with E-state index in [2.05, 4.69) is 37.3 Å². The second kappa shape index (κ2) is 7.00. The van der Waals surface area contributed by atoms with Crippen LogP contribution in [0.25, 0.3) is 5.69 Å². The van der Waals surface area contributed by atoms with Gasteiger partial charge in [0.25, 0.3) is 0 Å². The van der Waals surface area contributed by atoms with Crippen molar-refractivity contribution in [3.05, 3.63) is 34.2 Å². The molecule has 25 heavy (non-hydrogen) atoms. The smallest absolute Gasteiger partial charge is 0.368 e. The van der Waals surface area contributed by atoms with Gasteiger partial charge in [-0.1, -0.05) is 26.8 Å². The van der Waals surface area contributed by atoms with Gasteiger partial charge in [0.1, 0.15) is 17.5 Å². The Bertz CT molecular complexity index is 788. The molecule has 0 atom stereocenters. The van der Waals surface area contributed by atoms with Gasteiger partial charge >= 0.3 is 5.69 Å². The van der Waals surface area contributed by atoms with Crippen molar-refractivity contribution >= 4 is 0 Å². The van der Waals surface area contributed by atoms with Crippen LogP contribution in [0.5, 0.6) is 5.75 Å². The van der Waals surface area contributed by atoms with Crippen molar-refractivity contribution in [2.45, 2.75) is 51.6 Å². The summed E-state index contributed by atoms with van der Waals surface area (Å²) >= 11 is 0. The molecular formula is C18H26N4O3. The average Bonchev–Trinajstić information content (AvgIpc) is 2.95. The van der Waals surface area contributed by atoms with Crippen LogP contribution in [0.15, 0.2) is 23.0 Å². The highest BCUT2D eigenvalue weighted by molar-refractivity contribution is 5.50. The lowest BCUT2D eigenvalue weighted by Gasteiger charge is -2.27. The highest BCUT2D eigenvalue weighted by Gasteiger charge is 2.23. The molecule has 0 aliphatic carbocycles. The Balaban J connectivity index is 2.04. The second-order valence-corrected chi connectivity index (χ2v) is 7.15. The van der Waals surface area contributed by atoms with Crippen LogP contribution >= 0.6 is 0 Å². The molecule has 2 aromatic rings. The number of tetrazole rings is 1. The normalized spacial score (nSPS) is 16.2. The lowest BCUT2D eigenvalue weighted by molar-refractivity contribution is 0.0255. The lowest BCUT2D eigenvalue weighted by atomic mass is 9.82. The third-order valence-corrected chi connectivity index (χ3v) is 5.04. The molecule has 3 rings (SSSR count). The van der Waals surface area contributed by atoms with Crippen molar-refractivity contribution in [1.82, 2.24) is 19.8 Å². The maximum Gasteiger partial charge on any atom is 0.368 e. The summed E-state index contributed by atoms with van der Waals surface area (Å²) < 4.78 is 14.1. The monoisotopic (exact) mass is 346 g/mol. The molecule has 1 aliphatic heterocycles. The van der Waals surface area contributed by atoms with Crippen molar-refractivity contribution in [3.8, 4) is 11.4 Å². The third kappa shape index (κ3) is 3.61. The number of hydrogen-bond donors (Lipinski definition) is 0. The summed E-state index contributed by atoms with van der Waals surface area (Å²) in [5, 5.41) is 7.83. The fraction of sp³-hybridized carbons (Fsp3) is 0.611. The summed E-state index contributed by atoms with van der Waals surface area (Å²) in [5.74, 6) is 0.658. The molecule has 2 heterocycles. The van der Waals surface area contributed by atoms with Gasteiger partial charge in [0.05, 0.1) is 13.2 Å². The predicted octanol–water partition coefficient (Wildman–Crippen LogP) is 2.21. The van der Waals surface area contributed by atoms with Gasteiger partial charge in [0, 0.05) is 19.9 Å². The van der Waals surface area contributed by atoms with E-state index >= 15 is 0 Å². The van der Waals surface area contributed by atoms with Crippen LogP contribution in [-0.4, -0.2) is 39.1 Å². The fourth-order valence-electron chi connectivity index (χ4n) is 2.85. The van der Waals surface area contributed by atoms with E-state index in [4.69, 9.17) is 9.47 Å². The Hall–Kier alpha value is -2.15. The first-order valence-electron chi connectivity index (χ1n) is 8.80. The first-order chi connectivity index (χ1) is 11.9. The topological polar surface area (TPSA) is 71.2 Å². The van der Waals surface area contributed by atoms with Gasteiger partial charge in [0.2, 0.25) is 0 Å². The molecule has 1 aromatic heterocycles. The Kier molecular flexibility index (Phi) is 4.94. The van der Waals surface area contributed by atoms with Gasteiger partial charge in [-0.15, -0.1) is 0 Å². The summed E-state index contributed by atoms with van der Waals surface area (Å²) in [6.45, 7) is 7.92. The van der Waals surface area contributed by atoms with Crippen molar-refractivity contribution in [2.24, 2.45) is 7.05 Å². The number of aryl methyl sites for hydroxylation is 1. The zero-order valence-corrected chi connectivity index (χ0v) is 15.4. The Morgan fingerprint density at radius 2 is 2.00 bits per heavy atom. The number of aromatic nitrogens is 4. The summed E-state index contributed by atoms with van der Waals surface area (Å²) in [4.78, 5) is 12.4. The van der Waals surface area contributed by atoms with Gasteiger partial charge in [-0.05, 0) is 40.0 Å². The fourth-order valence-corrected chi connectivity index (χ4v) is 2.85.